The highest BCUT2D eigenvalue weighted by Crippen LogP contribution is 2.43. The predicted molar refractivity (Wildman–Crippen MR) is 298 cm³/mol. The van der Waals surface area contributed by atoms with Crippen molar-refractivity contribution in [1.82, 2.24) is 0 Å². The fourth-order valence-corrected chi connectivity index (χ4v) is 8.06. The summed E-state index contributed by atoms with van der Waals surface area (Å²) >= 11 is 0. The van der Waals surface area contributed by atoms with Crippen LogP contribution in [0.2, 0.25) is 0 Å². The molecule has 0 rings (SSSR count). The first kappa shape index (κ1) is 66.7. The highest BCUT2D eigenvalue weighted by atomic mass is 31.2. The van der Waals surface area contributed by atoms with E-state index in [0.29, 0.717) is 6.42 Å². The van der Waals surface area contributed by atoms with Gasteiger partial charge < -0.3 is 20.1 Å². The molecule has 0 amide bonds. The number of hydrogen-bond donors (Lipinski definition) is 2. The summed E-state index contributed by atoms with van der Waals surface area (Å²) in [6, 6.07) is 0. The SMILES string of the molecule is CC/C=C\C/C=C\C/C=C\C/C=C\C/C=C\C/C=C\C/C=C\C/C=C\CCCCCCCCCCCCCCC(=O)OC(COC(=O)CCCCCCC/C=C\CCCCC)COP(=O)(O)OCCN. The van der Waals surface area contributed by atoms with Gasteiger partial charge in [0.05, 0.1) is 13.2 Å². The van der Waals surface area contributed by atoms with Crippen molar-refractivity contribution < 1.29 is 37.6 Å². The summed E-state index contributed by atoms with van der Waals surface area (Å²) < 4.78 is 32.9. The number of allylic oxidation sites excluding steroid dienone is 18. The van der Waals surface area contributed by atoms with Gasteiger partial charge in [-0.25, -0.2) is 4.57 Å². The van der Waals surface area contributed by atoms with Crippen LogP contribution in [0.5, 0.6) is 0 Å². The summed E-state index contributed by atoms with van der Waals surface area (Å²) in [5, 5.41) is 0. The van der Waals surface area contributed by atoms with Gasteiger partial charge in [0.25, 0.3) is 0 Å². The molecule has 0 fully saturated rings. The smallest absolute Gasteiger partial charge is 0.462 e. The van der Waals surface area contributed by atoms with E-state index in [1.807, 2.05) is 0 Å². The Bertz CT molecular complexity index is 1510. The van der Waals surface area contributed by atoms with Crippen LogP contribution in [0.4, 0.5) is 0 Å². The molecule has 0 aliphatic rings. The summed E-state index contributed by atoms with van der Waals surface area (Å²) in [7, 11) is -4.39. The minimum atomic E-state index is -4.39. The topological polar surface area (TPSA) is 134 Å². The lowest BCUT2D eigenvalue weighted by atomic mass is 10.0. The number of nitrogens with two attached hydrogens (primary N) is 1. The number of rotatable bonds is 51. The van der Waals surface area contributed by atoms with Gasteiger partial charge in [-0.05, 0) is 103 Å². The predicted octanol–water partition coefficient (Wildman–Crippen LogP) is 17.5. The van der Waals surface area contributed by atoms with Gasteiger partial charge in [-0.1, -0.05) is 220 Å². The Morgan fingerprint density at radius 3 is 1.19 bits per heavy atom. The average molecular weight is 996 g/mol. The van der Waals surface area contributed by atoms with E-state index in [1.165, 1.54) is 83.5 Å². The molecule has 0 radical (unpaired) electrons. The first-order valence-electron chi connectivity index (χ1n) is 27.9. The van der Waals surface area contributed by atoms with Gasteiger partial charge in [0.1, 0.15) is 6.61 Å². The zero-order chi connectivity index (χ0) is 51.0. The Morgan fingerprint density at radius 2 is 0.786 bits per heavy atom. The molecule has 0 heterocycles. The van der Waals surface area contributed by atoms with Crippen molar-refractivity contribution in [2.24, 2.45) is 5.73 Å². The van der Waals surface area contributed by atoms with E-state index in [4.69, 9.17) is 24.3 Å². The van der Waals surface area contributed by atoms with Crippen molar-refractivity contribution in [2.45, 2.75) is 232 Å². The van der Waals surface area contributed by atoms with Crippen molar-refractivity contribution in [3.8, 4) is 0 Å². The van der Waals surface area contributed by atoms with E-state index in [-0.39, 0.29) is 32.6 Å². The first-order chi connectivity index (χ1) is 34.3. The maximum Gasteiger partial charge on any atom is 0.472 e. The van der Waals surface area contributed by atoms with Gasteiger partial charge in [0, 0.05) is 19.4 Å². The van der Waals surface area contributed by atoms with Gasteiger partial charge in [-0.3, -0.25) is 18.6 Å². The highest BCUT2D eigenvalue weighted by Gasteiger charge is 2.26. The first-order valence-corrected chi connectivity index (χ1v) is 29.4. The molecule has 0 aliphatic heterocycles. The van der Waals surface area contributed by atoms with Crippen molar-refractivity contribution >= 4 is 19.8 Å². The maximum absolute atomic E-state index is 12.7. The molecule has 2 unspecified atom stereocenters. The molecule has 0 saturated heterocycles. The second kappa shape index (κ2) is 55.0. The number of phosphoric ester groups is 1. The number of ether oxygens (including phenoxy) is 2. The molecule has 0 aromatic carbocycles. The third-order valence-electron chi connectivity index (χ3n) is 11.4. The van der Waals surface area contributed by atoms with Gasteiger partial charge in [-0.2, -0.15) is 0 Å². The minimum absolute atomic E-state index is 0.0481. The number of unbranched alkanes of at least 4 members (excludes halogenated alkanes) is 20. The molecule has 10 heteroatoms. The zero-order valence-electron chi connectivity index (χ0n) is 44.5. The Labute approximate surface area is 429 Å². The number of phosphoric acid groups is 1. The summed E-state index contributed by atoms with van der Waals surface area (Å²) in [5.41, 5.74) is 5.36. The van der Waals surface area contributed by atoms with Crippen LogP contribution in [0.25, 0.3) is 0 Å². The molecular formula is C60H102NO8P. The number of carbonyl (C=O) groups excluding carboxylic acids is 2. The summed E-state index contributed by atoms with van der Waals surface area (Å²) in [5.74, 6) is -0.845. The molecule has 0 bridgehead atoms. The molecule has 0 spiro atoms. The van der Waals surface area contributed by atoms with Crippen molar-refractivity contribution in [1.29, 1.82) is 0 Å². The van der Waals surface area contributed by atoms with E-state index in [9.17, 15) is 19.0 Å². The van der Waals surface area contributed by atoms with Crippen LogP contribution in [0.15, 0.2) is 109 Å². The largest absolute Gasteiger partial charge is 0.472 e. The van der Waals surface area contributed by atoms with Crippen molar-refractivity contribution in [2.75, 3.05) is 26.4 Å². The fraction of sp³-hybridized carbons (Fsp3) is 0.667. The Hall–Kier alpha value is -3.33. The van der Waals surface area contributed by atoms with Crippen LogP contribution < -0.4 is 5.73 Å². The zero-order valence-corrected chi connectivity index (χ0v) is 45.4. The molecule has 9 nitrogen and oxygen atoms in total. The molecule has 2 atom stereocenters. The van der Waals surface area contributed by atoms with Crippen LogP contribution in [0, 0.1) is 0 Å². The number of hydrogen-bond acceptors (Lipinski definition) is 8. The Balaban J connectivity index is 3.93. The lowest BCUT2D eigenvalue weighted by Crippen LogP contribution is -2.29. The third-order valence-corrected chi connectivity index (χ3v) is 12.4. The molecule has 0 aromatic heterocycles. The van der Waals surface area contributed by atoms with E-state index in [1.54, 1.807) is 0 Å². The summed E-state index contributed by atoms with van der Waals surface area (Å²) in [6.45, 7) is 3.58. The quantitative estimate of drug-likeness (QED) is 0.0264. The van der Waals surface area contributed by atoms with Crippen LogP contribution in [0.1, 0.15) is 226 Å². The molecule has 0 aliphatic carbocycles. The van der Waals surface area contributed by atoms with Crippen LogP contribution in [-0.2, 0) is 32.7 Å². The van der Waals surface area contributed by atoms with Crippen LogP contribution in [-0.4, -0.2) is 49.3 Å². The standard InChI is InChI=1S/C60H102NO8P/c1-3-5-7-9-11-13-15-17-18-19-20-21-22-23-24-25-26-27-28-29-30-31-32-33-34-35-36-37-38-39-40-41-43-45-47-49-51-53-60(63)69-58(57-68-70(64,65)67-55-54-61)56-66-59(62)52-50-48-46-44-42-16-14-12-10-8-6-4-2/h5,7,11-14,17-18,20-21,23-24,26-27,29-30,32-33,58H,3-4,6,8-10,15-16,19,22,25,28,31,34-57,61H2,1-2H3,(H,64,65)/b7-5-,13-11-,14-12-,18-17-,21-20-,24-23-,27-26-,30-29-,33-32-. The maximum atomic E-state index is 12.7. The van der Waals surface area contributed by atoms with Gasteiger partial charge in [-0.15, -0.1) is 0 Å². The number of esters is 2. The van der Waals surface area contributed by atoms with Crippen molar-refractivity contribution in [3.63, 3.8) is 0 Å². The second-order valence-corrected chi connectivity index (χ2v) is 19.5. The van der Waals surface area contributed by atoms with Gasteiger partial charge in [0.2, 0.25) is 0 Å². The van der Waals surface area contributed by atoms with Crippen LogP contribution in [0.3, 0.4) is 0 Å². The lowest BCUT2D eigenvalue weighted by molar-refractivity contribution is -0.161. The molecular weight excluding hydrogens is 894 g/mol. The van der Waals surface area contributed by atoms with Gasteiger partial charge >= 0.3 is 19.8 Å². The molecule has 400 valence electrons. The second-order valence-electron chi connectivity index (χ2n) is 18.1. The fourth-order valence-electron chi connectivity index (χ4n) is 7.29. The van der Waals surface area contributed by atoms with E-state index >= 15 is 0 Å². The summed E-state index contributed by atoms with van der Waals surface area (Å²) in [6.07, 6.45) is 74.4. The Kier molecular flexibility index (Phi) is 52.4. The molecule has 3 N–H and O–H groups in total. The highest BCUT2D eigenvalue weighted by molar-refractivity contribution is 7.47. The summed E-state index contributed by atoms with van der Waals surface area (Å²) in [4.78, 5) is 35.0. The lowest BCUT2D eigenvalue weighted by Gasteiger charge is -2.19. The van der Waals surface area contributed by atoms with E-state index in [0.717, 1.165) is 109 Å². The molecule has 70 heavy (non-hydrogen) atoms. The van der Waals surface area contributed by atoms with Gasteiger partial charge in [0.15, 0.2) is 6.10 Å². The third kappa shape index (κ3) is 54.0. The normalized spacial score (nSPS) is 13.9. The monoisotopic (exact) mass is 996 g/mol. The molecule has 0 saturated carbocycles. The Morgan fingerprint density at radius 1 is 0.443 bits per heavy atom. The van der Waals surface area contributed by atoms with E-state index < -0.39 is 32.5 Å². The minimum Gasteiger partial charge on any atom is -0.462 e. The van der Waals surface area contributed by atoms with Crippen molar-refractivity contribution in [3.05, 3.63) is 109 Å². The van der Waals surface area contributed by atoms with Crippen LogP contribution >= 0.6 is 7.82 Å². The molecule has 0 aromatic rings. The van der Waals surface area contributed by atoms with E-state index in [2.05, 4.69) is 123 Å². The number of carbonyl (C=O) groups is 2. The average Bonchev–Trinajstić information content (AvgIpc) is 3.35.